The highest BCUT2D eigenvalue weighted by molar-refractivity contribution is 4.74. The highest BCUT2D eigenvalue weighted by atomic mass is 15.1. The molecule has 1 N–H and O–H groups in total. The molecule has 1 heterocycles. The van der Waals surface area contributed by atoms with E-state index in [2.05, 4.69) is 22.6 Å². The summed E-state index contributed by atoms with van der Waals surface area (Å²) in [4.78, 5) is 2.35. The molecule has 1 rings (SSSR count). The van der Waals surface area contributed by atoms with Crippen molar-refractivity contribution in [3.63, 3.8) is 0 Å². The molecule has 3 nitrogen and oxygen atoms in total. The first-order valence-electron chi connectivity index (χ1n) is 4.32. The summed E-state index contributed by atoms with van der Waals surface area (Å²) in [5.74, 6) is 0. The molecule has 0 aromatic carbocycles. The number of hydrogen-bond acceptors (Lipinski definition) is 2. The van der Waals surface area contributed by atoms with Gasteiger partial charge in [-0.3, -0.25) is 0 Å². The zero-order valence-corrected chi connectivity index (χ0v) is 7.51. The maximum atomic E-state index is 4.56. The first-order valence-corrected chi connectivity index (χ1v) is 4.32. The van der Waals surface area contributed by atoms with E-state index in [-0.39, 0.29) is 0 Å². The lowest BCUT2D eigenvalue weighted by Gasteiger charge is -2.13. The molecule has 1 aliphatic heterocycles. The number of likely N-dealkylation sites (N-methyl/N-ethyl adjacent to an activating group) is 2. The highest BCUT2D eigenvalue weighted by Crippen LogP contribution is 1.99. The molecular formula is C8H18N3. The minimum absolute atomic E-state index is 0.546. The molecule has 0 amide bonds. The average molecular weight is 156 g/mol. The second kappa shape index (κ2) is 4.70. The first-order chi connectivity index (χ1) is 5.33. The Bertz CT molecular complexity index is 106. The zero-order chi connectivity index (χ0) is 8.10. The quantitative estimate of drug-likeness (QED) is 0.585. The van der Waals surface area contributed by atoms with Crippen molar-refractivity contribution in [1.82, 2.24) is 15.5 Å². The lowest BCUT2D eigenvalue weighted by atomic mass is 10.2. The Morgan fingerprint density at radius 1 is 1.55 bits per heavy atom. The van der Waals surface area contributed by atoms with E-state index in [0.29, 0.717) is 6.04 Å². The molecule has 3 heteroatoms. The molecule has 11 heavy (non-hydrogen) atoms. The van der Waals surface area contributed by atoms with Crippen molar-refractivity contribution >= 4 is 0 Å². The van der Waals surface area contributed by atoms with Gasteiger partial charge in [0.1, 0.15) is 0 Å². The molecule has 0 bridgehead atoms. The molecule has 1 atom stereocenters. The molecule has 0 aromatic rings. The van der Waals surface area contributed by atoms with Gasteiger partial charge in [-0.15, -0.1) is 0 Å². The smallest absolute Gasteiger partial charge is 0.0383 e. The topological polar surface area (TPSA) is 29.4 Å². The van der Waals surface area contributed by atoms with Gasteiger partial charge in [-0.05, 0) is 27.1 Å². The molecule has 0 saturated carbocycles. The normalized spacial score (nSPS) is 28.4. The molecular weight excluding hydrogens is 138 g/mol. The monoisotopic (exact) mass is 156 g/mol. The maximum Gasteiger partial charge on any atom is 0.0383 e. The van der Waals surface area contributed by atoms with Crippen LogP contribution in [0, 0.1) is 0 Å². The van der Waals surface area contributed by atoms with E-state index in [1.165, 1.54) is 13.0 Å². The molecule has 1 radical (unpaired) electrons. The Balaban J connectivity index is 2.22. The van der Waals surface area contributed by atoms with Crippen molar-refractivity contribution in [2.75, 3.05) is 40.3 Å². The van der Waals surface area contributed by atoms with Crippen LogP contribution in [0.5, 0.6) is 0 Å². The third-order valence-corrected chi connectivity index (χ3v) is 2.15. The lowest BCUT2D eigenvalue weighted by molar-refractivity contribution is 0.354. The van der Waals surface area contributed by atoms with E-state index in [1.54, 1.807) is 0 Å². The maximum absolute atomic E-state index is 4.56. The van der Waals surface area contributed by atoms with Gasteiger partial charge in [0.05, 0.1) is 0 Å². The second-order valence-corrected chi connectivity index (χ2v) is 3.21. The number of rotatable bonds is 2. The summed E-state index contributed by atoms with van der Waals surface area (Å²) in [5, 5.41) is 7.73. The Morgan fingerprint density at radius 2 is 2.36 bits per heavy atom. The summed E-state index contributed by atoms with van der Waals surface area (Å²) in [6, 6.07) is 0.546. The Hall–Kier alpha value is -0.120. The fraction of sp³-hybridized carbons (Fsp3) is 1.00. The van der Waals surface area contributed by atoms with Gasteiger partial charge in [-0.25, -0.2) is 5.32 Å². The van der Waals surface area contributed by atoms with Gasteiger partial charge in [0.25, 0.3) is 0 Å². The van der Waals surface area contributed by atoms with Gasteiger partial charge in [-0.1, -0.05) is 0 Å². The summed E-state index contributed by atoms with van der Waals surface area (Å²) in [6.07, 6.45) is 1.21. The zero-order valence-electron chi connectivity index (χ0n) is 7.51. The highest BCUT2D eigenvalue weighted by Gasteiger charge is 2.13. The Morgan fingerprint density at radius 3 is 3.09 bits per heavy atom. The van der Waals surface area contributed by atoms with Crippen molar-refractivity contribution in [3.05, 3.63) is 0 Å². The minimum atomic E-state index is 0.546. The van der Waals surface area contributed by atoms with Crippen LogP contribution >= 0.6 is 0 Å². The predicted octanol–water partition coefficient (Wildman–Crippen LogP) is -0.486. The van der Waals surface area contributed by atoms with Crippen LogP contribution in [0.1, 0.15) is 6.42 Å². The van der Waals surface area contributed by atoms with E-state index in [0.717, 1.165) is 19.6 Å². The minimum Gasteiger partial charge on any atom is -0.318 e. The summed E-state index contributed by atoms with van der Waals surface area (Å²) in [6.45, 7) is 4.35. The lowest BCUT2D eigenvalue weighted by Crippen LogP contribution is -2.32. The third-order valence-electron chi connectivity index (χ3n) is 2.15. The van der Waals surface area contributed by atoms with Crippen molar-refractivity contribution in [2.24, 2.45) is 0 Å². The predicted molar refractivity (Wildman–Crippen MR) is 46.8 cm³/mol. The van der Waals surface area contributed by atoms with Gasteiger partial charge in [0.2, 0.25) is 0 Å². The molecule has 0 aromatic heterocycles. The van der Waals surface area contributed by atoms with Gasteiger partial charge in [0, 0.05) is 25.7 Å². The standard InChI is InChI=1S/C8H18N3/c1-9-7-8-3-5-11(2)6-4-10-8/h8-9H,3-7H2,1-2H3. The van der Waals surface area contributed by atoms with Crippen molar-refractivity contribution in [1.29, 1.82) is 0 Å². The fourth-order valence-corrected chi connectivity index (χ4v) is 1.39. The molecule has 0 spiro atoms. The summed E-state index contributed by atoms with van der Waals surface area (Å²) < 4.78 is 0. The molecule has 1 unspecified atom stereocenters. The molecule has 1 aliphatic rings. The summed E-state index contributed by atoms with van der Waals surface area (Å²) >= 11 is 0. The van der Waals surface area contributed by atoms with Crippen LogP contribution < -0.4 is 10.6 Å². The van der Waals surface area contributed by atoms with Gasteiger partial charge in [-0.2, -0.15) is 0 Å². The van der Waals surface area contributed by atoms with Crippen molar-refractivity contribution in [3.8, 4) is 0 Å². The average Bonchev–Trinajstić information content (AvgIpc) is 2.17. The molecule has 1 saturated heterocycles. The van der Waals surface area contributed by atoms with Crippen LogP contribution in [-0.2, 0) is 0 Å². The second-order valence-electron chi connectivity index (χ2n) is 3.21. The van der Waals surface area contributed by atoms with Crippen LogP contribution in [0.4, 0.5) is 0 Å². The van der Waals surface area contributed by atoms with E-state index < -0.39 is 0 Å². The fourth-order valence-electron chi connectivity index (χ4n) is 1.39. The van der Waals surface area contributed by atoms with Gasteiger partial charge < -0.3 is 10.2 Å². The summed E-state index contributed by atoms with van der Waals surface area (Å²) in [7, 11) is 4.15. The SMILES string of the molecule is CNCC1CCN(C)CC[N]1. The van der Waals surface area contributed by atoms with E-state index in [1.807, 2.05) is 7.05 Å². The van der Waals surface area contributed by atoms with E-state index >= 15 is 0 Å². The molecule has 1 fully saturated rings. The van der Waals surface area contributed by atoms with Gasteiger partial charge in [0.15, 0.2) is 0 Å². The van der Waals surface area contributed by atoms with E-state index in [4.69, 9.17) is 0 Å². The largest absolute Gasteiger partial charge is 0.318 e. The van der Waals surface area contributed by atoms with Crippen LogP contribution in [0.15, 0.2) is 0 Å². The van der Waals surface area contributed by atoms with Crippen LogP contribution in [0.3, 0.4) is 0 Å². The Labute approximate surface area is 69.1 Å². The van der Waals surface area contributed by atoms with Crippen LogP contribution in [-0.4, -0.2) is 51.2 Å². The molecule has 65 valence electrons. The number of nitrogens with zero attached hydrogens (tertiary/aromatic N) is 2. The van der Waals surface area contributed by atoms with Crippen molar-refractivity contribution < 1.29 is 0 Å². The third kappa shape index (κ3) is 3.18. The summed E-state index contributed by atoms with van der Waals surface area (Å²) in [5.41, 5.74) is 0. The first kappa shape index (κ1) is 8.97. The van der Waals surface area contributed by atoms with E-state index in [9.17, 15) is 0 Å². The number of nitrogens with one attached hydrogen (secondary N) is 1. The van der Waals surface area contributed by atoms with Crippen LogP contribution in [0.2, 0.25) is 0 Å². The van der Waals surface area contributed by atoms with Crippen molar-refractivity contribution in [2.45, 2.75) is 12.5 Å². The molecule has 0 aliphatic carbocycles. The Kier molecular flexibility index (Phi) is 3.83. The van der Waals surface area contributed by atoms with Crippen LogP contribution in [0.25, 0.3) is 0 Å². The number of hydrogen-bond donors (Lipinski definition) is 1. The van der Waals surface area contributed by atoms with Gasteiger partial charge >= 0.3 is 0 Å².